The van der Waals surface area contributed by atoms with E-state index in [-0.39, 0.29) is 17.9 Å². The third-order valence-electron chi connectivity index (χ3n) is 5.16. The molecule has 0 aromatic heterocycles. The Morgan fingerprint density at radius 3 is 2.14 bits per heavy atom. The van der Waals surface area contributed by atoms with Gasteiger partial charge in [-0.1, -0.05) is 36.7 Å². The molecule has 1 N–H and O–H groups in total. The molecule has 1 heterocycles. The highest BCUT2D eigenvalue weighted by Crippen LogP contribution is 2.30. The number of amides is 2. The molecule has 0 saturated carbocycles. The summed E-state index contributed by atoms with van der Waals surface area (Å²) in [7, 11) is -2.98. The number of carbonyl (C=O) groups is 3. The van der Waals surface area contributed by atoms with E-state index in [2.05, 4.69) is 21.2 Å². The first-order chi connectivity index (χ1) is 15.9. The lowest BCUT2D eigenvalue weighted by atomic mass is 9.85. The van der Waals surface area contributed by atoms with E-state index in [0.29, 0.717) is 4.47 Å². The number of benzene rings is 1. The summed E-state index contributed by atoms with van der Waals surface area (Å²) in [6, 6.07) is 3.75. The Morgan fingerprint density at radius 2 is 1.66 bits per heavy atom. The Bertz CT molecular complexity index is 1040. The molecular formula is C23H33BrN2O8S. The molecule has 2 rings (SSSR count). The van der Waals surface area contributed by atoms with Crippen LogP contribution < -0.4 is 5.32 Å². The molecule has 0 bridgehead atoms. The van der Waals surface area contributed by atoms with Crippen LogP contribution in [0.1, 0.15) is 48.0 Å². The Hall–Kier alpha value is -2.18. The van der Waals surface area contributed by atoms with Crippen LogP contribution in [0.4, 0.5) is 4.79 Å². The maximum atomic E-state index is 13.6. The van der Waals surface area contributed by atoms with Gasteiger partial charge in [0, 0.05) is 17.4 Å². The van der Waals surface area contributed by atoms with E-state index in [1.807, 2.05) is 0 Å². The third kappa shape index (κ3) is 7.91. The number of alkyl carbamates (subject to hydrolysis) is 1. The number of likely N-dealkylation sites (tertiary alicyclic amines) is 1. The molecule has 1 aliphatic rings. The molecule has 12 heteroatoms. The molecule has 1 aliphatic heterocycles. The number of halogens is 1. The number of hydrogen-bond donors (Lipinski definition) is 1. The van der Waals surface area contributed by atoms with Gasteiger partial charge in [0.25, 0.3) is 10.1 Å². The Kier molecular flexibility index (Phi) is 8.99. The number of nitrogens with one attached hydrogen (secondary N) is 1. The van der Waals surface area contributed by atoms with Gasteiger partial charge in [0.2, 0.25) is 5.91 Å². The van der Waals surface area contributed by atoms with Gasteiger partial charge in [-0.05, 0) is 50.5 Å². The summed E-state index contributed by atoms with van der Waals surface area (Å²) >= 11 is 3.25. The molecule has 3 atom stereocenters. The number of nitrogens with zero attached hydrogens (tertiary/aromatic N) is 1. The second-order valence-corrected chi connectivity index (χ2v) is 12.8. The zero-order chi connectivity index (χ0) is 26.8. The fourth-order valence-electron chi connectivity index (χ4n) is 3.55. The lowest BCUT2D eigenvalue weighted by Gasteiger charge is -2.35. The van der Waals surface area contributed by atoms with Crippen molar-refractivity contribution in [3.63, 3.8) is 0 Å². The smallest absolute Gasteiger partial charge is 0.408 e. The number of rotatable bonds is 6. The topological polar surface area (TPSA) is 128 Å². The Morgan fingerprint density at radius 1 is 1.09 bits per heavy atom. The predicted molar refractivity (Wildman–Crippen MR) is 131 cm³/mol. The zero-order valence-corrected chi connectivity index (χ0v) is 23.4. The summed E-state index contributed by atoms with van der Waals surface area (Å²) in [5, 5.41) is 2.59. The van der Waals surface area contributed by atoms with Gasteiger partial charge in [-0.15, -0.1) is 0 Å². The van der Waals surface area contributed by atoms with Crippen molar-refractivity contribution in [2.24, 2.45) is 5.41 Å². The quantitative estimate of drug-likeness (QED) is 0.403. The van der Waals surface area contributed by atoms with Crippen molar-refractivity contribution < 1.29 is 36.5 Å². The molecule has 0 unspecified atom stereocenters. The van der Waals surface area contributed by atoms with Crippen LogP contribution in [0.25, 0.3) is 0 Å². The molecule has 0 aliphatic carbocycles. The van der Waals surface area contributed by atoms with Crippen molar-refractivity contribution in [1.29, 1.82) is 0 Å². The van der Waals surface area contributed by atoms with Crippen LogP contribution in [0.2, 0.25) is 0 Å². The second kappa shape index (κ2) is 10.8. The number of carbonyl (C=O) groups excluding carboxylic acids is 3. The molecule has 1 aromatic rings. The van der Waals surface area contributed by atoms with Crippen molar-refractivity contribution in [2.75, 3.05) is 13.7 Å². The summed E-state index contributed by atoms with van der Waals surface area (Å²) in [6.07, 6.45) is -1.86. The molecule has 1 aromatic carbocycles. The number of ether oxygens (including phenoxy) is 2. The van der Waals surface area contributed by atoms with Crippen LogP contribution >= 0.6 is 15.9 Å². The van der Waals surface area contributed by atoms with Gasteiger partial charge in [0.05, 0.1) is 18.1 Å². The average Bonchev–Trinajstić information content (AvgIpc) is 3.12. The molecular weight excluding hydrogens is 544 g/mol. The summed E-state index contributed by atoms with van der Waals surface area (Å²) < 4.78 is 41.8. The highest BCUT2D eigenvalue weighted by Gasteiger charge is 2.47. The maximum absolute atomic E-state index is 13.6. The van der Waals surface area contributed by atoms with Crippen molar-refractivity contribution >= 4 is 44.0 Å². The van der Waals surface area contributed by atoms with Crippen molar-refractivity contribution in [1.82, 2.24) is 10.2 Å². The Balaban J connectivity index is 2.29. The minimum absolute atomic E-state index is 0.0562. The molecule has 0 radical (unpaired) electrons. The fraction of sp³-hybridized carbons (Fsp3) is 0.609. The van der Waals surface area contributed by atoms with Gasteiger partial charge in [0.1, 0.15) is 17.7 Å². The van der Waals surface area contributed by atoms with Gasteiger partial charge in [0.15, 0.2) is 0 Å². The van der Waals surface area contributed by atoms with E-state index in [0.717, 1.165) is 0 Å². The lowest BCUT2D eigenvalue weighted by Crippen LogP contribution is -2.57. The largest absolute Gasteiger partial charge is 0.467 e. The van der Waals surface area contributed by atoms with E-state index in [1.165, 1.54) is 24.1 Å². The average molecular weight is 577 g/mol. The fourth-order valence-corrected chi connectivity index (χ4v) is 4.89. The highest BCUT2D eigenvalue weighted by atomic mass is 79.9. The van der Waals surface area contributed by atoms with Crippen LogP contribution in [-0.2, 0) is 33.4 Å². The predicted octanol–water partition coefficient (Wildman–Crippen LogP) is 3.24. The van der Waals surface area contributed by atoms with Gasteiger partial charge < -0.3 is 19.7 Å². The molecule has 1 fully saturated rings. The third-order valence-corrected chi connectivity index (χ3v) is 7.06. The van der Waals surface area contributed by atoms with Crippen LogP contribution in [0.15, 0.2) is 33.6 Å². The van der Waals surface area contributed by atoms with Crippen molar-refractivity contribution in [2.45, 2.75) is 76.6 Å². The summed E-state index contributed by atoms with van der Waals surface area (Å²) in [6.45, 7) is 10.2. The molecule has 2 amide bonds. The zero-order valence-electron chi connectivity index (χ0n) is 21.0. The molecule has 1 saturated heterocycles. The van der Waals surface area contributed by atoms with E-state index >= 15 is 0 Å². The van der Waals surface area contributed by atoms with E-state index < -0.39 is 57.3 Å². The second-order valence-electron chi connectivity index (χ2n) is 10.3. The monoisotopic (exact) mass is 576 g/mol. The number of esters is 1. The number of methoxy groups -OCH3 is 1. The standard InChI is InChI=1S/C23H33BrN2O8S/c1-22(2,3)18(25-21(29)33-23(4,5)6)19(27)26-13-15(12-17(26)20(28)32-7)34-35(30,31)16-10-8-14(24)9-11-16/h8-11,15,17-18H,12-13H2,1-7H3,(H,25,29)/t15-,17-,18+/m0/s1. The molecule has 0 spiro atoms. The van der Waals surface area contributed by atoms with Crippen LogP contribution in [0.3, 0.4) is 0 Å². The first kappa shape index (κ1) is 29.1. The van der Waals surface area contributed by atoms with E-state index in [4.69, 9.17) is 13.7 Å². The first-order valence-corrected chi connectivity index (χ1v) is 13.2. The first-order valence-electron chi connectivity index (χ1n) is 11.0. The summed E-state index contributed by atoms with van der Waals surface area (Å²) in [5.74, 6) is -1.29. The van der Waals surface area contributed by atoms with Crippen LogP contribution in [0.5, 0.6) is 0 Å². The van der Waals surface area contributed by atoms with Crippen molar-refractivity contribution in [3.05, 3.63) is 28.7 Å². The van der Waals surface area contributed by atoms with Gasteiger partial charge in [-0.2, -0.15) is 8.42 Å². The molecule has 196 valence electrons. The lowest BCUT2D eigenvalue weighted by molar-refractivity contribution is -0.152. The molecule has 35 heavy (non-hydrogen) atoms. The Labute approximate surface area is 214 Å². The van der Waals surface area contributed by atoms with E-state index in [9.17, 15) is 22.8 Å². The van der Waals surface area contributed by atoms with E-state index in [1.54, 1.807) is 53.7 Å². The van der Waals surface area contributed by atoms with Crippen LogP contribution in [-0.4, -0.2) is 68.7 Å². The summed E-state index contributed by atoms with van der Waals surface area (Å²) in [5.41, 5.74) is -1.53. The van der Waals surface area contributed by atoms with Gasteiger partial charge in [-0.25, -0.2) is 9.59 Å². The van der Waals surface area contributed by atoms with Gasteiger partial charge >= 0.3 is 12.1 Å². The number of hydrogen-bond acceptors (Lipinski definition) is 8. The minimum atomic E-state index is -4.15. The maximum Gasteiger partial charge on any atom is 0.408 e. The van der Waals surface area contributed by atoms with Crippen molar-refractivity contribution in [3.8, 4) is 0 Å². The minimum Gasteiger partial charge on any atom is -0.467 e. The SMILES string of the molecule is COC(=O)[C@@H]1C[C@H](OS(=O)(=O)c2ccc(Br)cc2)CN1C(=O)[C@@H](NC(=O)OC(C)(C)C)C(C)(C)C. The highest BCUT2D eigenvalue weighted by molar-refractivity contribution is 9.10. The molecule has 10 nitrogen and oxygen atoms in total. The summed E-state index contributed by atoms with van der Waals surface area (Å²) in [4.78, 5) is 39.6. The normalized spacial score (nSPS) is 19.7. The van der Waals surface area contributed by atoms with Gasteiger partial charge in [-0.3, -0.25) is 8.98 Å². The van der Waals surface area contributed by atoms with Crippen LogP contribution in [0, 0.1) is 5.41 Å².